The fourth-order valence-corrected chi connectivity index (χ4v) is 1.98. The van der Waals surface area contributed by atoms with Crippen LogP contribution in [0.3, 0.4) is 0 Å². The van der Waals surface area contributed by atoms with Crippen molar-refractivity contribution in [2.45, 2.75) is 26.8 Å². The van der Waals surface area contributed by atoms with Gasteiger partial charge < -0.3 is 4.57 Å². The van der Waals surface area contributed by atoms with E-state index in [4.69, 9.17) is 12.2 Å². The third-order valence-electron chi connectivity index (χ3n) is 2.69. The highest BCUT2D eigenvalue weighted by Crippen LogP contribution is 2.18. The lowest BCUT2D eigenvalue weighted by Gasteiger charge is -2.04. The lowest BCUT2D eigenvalue weighted by atomic mass is 10.1. The molecular formula is C12H15N3S. The molecule has 84 valence electrons. The van der Waals surface area contributed by atoms with Crippen molar-refractivity contribution in [1.29, 1.82) is 0 Å². The molecule has 0 spiro atoms. The Labute approximate surface area is 100 Å². The highest BCUT2D eigenvalue weighted by atomic mass is 32.1. The van der Waals surface area contributed by atoms with Crippen molar-refractivity contribution in [2.75, 3.05) is 0 Å². The molecule has 0 saturated carbocycles. The zero-order chi connectivity index (χ0) is 11.5. The molecule has 0 amide bonds. The first-order chi connectivity index (χ1) is 7.76. The van der Waals surface area contributed by atoms with Gasteiger partial charge in [0.1, 0.15) is 0 Å². The van der Waals surface area contributed by atoms with Gasteiger partial charge in [0.2, 0.25) is 0 Å². The number of benzene rings is 1. The van der Waals surface area contributed by atoms with Crippen LogP contribution in [0.15, 0.2) is 24.3 Å². The third kappa shape index (κ3) is 1.93. The van der Waals surface area contributed by atoms with Gasteiger partial charge in [0.05, 0.1) is 0 Å². The number of aromatic amines is 1. The second-order valence-corrected chi connectivity index (χ2v) is 4.03. The van der Waals surface area contributed by atoms with Gasteiger partial charge in [0.15, 0.2) is 10.6 Å². The van der Waals surface area contributed by atoms with Crippen LogP contribution in [0.2, 0.25) is 0 Å². The summed E-state index contributed by atoms with van der Waals surface area (Å²) < 4.78 is 2.67. The molecule has 0 aliphatic carbocycles. The van der Waals surface area contributed by atoms with Crippen LogP contribution in [-0.4, -0.2) is 14.8 Å². The minimum atomic E-state index is 0.678. The van der Waals surface area contributed by atoms with Crippen LogP contribution in [-0.2, 0) is 13.0 Å². The lowest BCUT2D eigenvalue weighted by Crippen LogP contribution is -1.97. The topological polar surface area (TPSA) is 33.6 Å². The van der Waals surface area contributed by atoms with Gasteiger partial charge in [-0.05, 0) is 31.1 Å². The molecule has 1 heterocycles. The Morgan fingerprint density at radius 3 is 2.50 bits per heavy atom. The summed E-state index contributed by atoms with van der Waals surface area (Å²) in [6.45, 7) is 5.05. The van der Waals surface area contributed by atoms with Crippen LogP contribution < -0.4 is 0 Å². The van der Waals surface area contributed by atoms with E-state index in [1.165, 1.54) is 5.56 Å². The maximum absolute atomic E-state index is 5.17. The van der Waals surface area contributed by atoms with Gasteiger partial charge in [-0.25, -0.2) is 0 Å². The zero-order valence-electron chi connectivity index (χ0n) is 9.53. The Hall–Kier alpha value is -1.42. The molecule has 1 aromatic heterocycles. The fraction of sp³-hybridized carbons (Fsp3) is 0.333. The molecule has 0 unspecified atom stereocenters. The molecule has 2 rings (SSSR count). The van der Waals surface area contributed by atoms with Crippen LogP contribution in [0.1, 0.15) is 19.4 Å². The molecule has 0 aliphatic rings. The highest BCUT2D eigenvalue weighted by Gasteiger charge is 2.06. The quantitative estimate of drug-likeness (QED) is 0.826. The van der Waals surface area contributed by atoms with Crippen molar-refractivity contribution in [2.24, 2.45) is 0 Å². The van der Waals surface area contributed by atoms with E-state index in [1.54, 1.807) is 0 Å². The molecule has 0 bridgehead atoms. The molecule has 0 atom stereocenters. The number of aromatic nitrogens is 3. The Kier molecular flexibility index (Phi) is 3.19. The summed E-state index contributed by atoms with van der Waals surface area (Å²) in [6, 6.07) is 8.45. The molecule has 0 radical (unpaired) electrons. The van der Waals surface area contributed by atoms with Crippen molar-refractivity contribution in [3.05, 3.63) is 34.6 Å². The maximum atomic E-state index is 5.17. The van der Waals surface area contributed by atoms with E-state index in [-0.39, 0.29) is 0 Å². The van der Waals surface area contributed by atoms with Crippen LogP contribution in [0.5, 0.6) is 0 Å². The fourth-order valence-electron chi connectivity index (χ4n) is 1.72. The second-order valence-electron chi connectivity index (χ2n) is 3.65. The van der Waals surface area contributed by atoms with E-state index < -0.39 is 0 Å². The van der Waals surface area contributed by atoms with E-state index in [1.807, 2.05) is 4.57 Å². The summed E-state index contributed by atoms with van der Waals surface area (Å²) in [5, 5.41) is 7.09. The van der Waals surface area contributed by atoms with Crippen molar-refractivity contribution in [1.82, 2.24) is 14.8 Å². The van der Waals surface area contributed by atoms with Crippen molar-refractivity contribution < 1.29 is 0 Å². The first-order valence-electron chi connectivity index (χ1n) is 5.50. The van der Waals surface area contributed by atoms with Gasteiger partial charge in [-0.2, -0.15) is 5.10 Å². The third-order valence-corrected chi connectivity index (χ3v) is 3.01. The number of nitrogens with zero attached hydrogens (tertiary/aromatic N) is 2. The molecule has 3 nitrogen and oxygen atoms in total. The molecule has 1 N–H and O–H groups in total. The zero-order valence-corrected chi connectivity index (χ0v) is 10.3. The van der Waals surface area contributed by atoms with E-state index in [9.17, 15) is 0 Å². The maximum Gasteiger partial charge on any atom is 0.195 e. The normalized spacial score (nSPS) is 10.6. The standard InChI is InChI=1S/C12H15N3S/c1-3-9-5-7-10(8-6-9)11-13-14-12(16)15(11)4-2/h5-8H,3-4H2,1-2H3,(H,14,16). The number of rotatable bonds is 3. The Morgan fingerprint density at radius 1 is 1.25 bits per heavy atom. The summed E-state index contributed by atoms with van der Waals surface area (Å²) in [4.78, 5) is 0. The van der Waals surface area contributed by atoms with E-state index in [0.717, 1.165) is 24.4 Å². The summed E-state index contributed by atoms with van der Waals surface area (Å²) >= 11 is 5.17. The molecule has 4 heteroatoms. The number of hydrogen-bond acceptors (Lipinski definition) is 2. The van der Waals surface area contributed by atoms with Gasteiger partial charge in [-0.15, -0.1) is 0 Å². The molecule has 2 aromatic rings. The lowest BCUT2D eigenvalue weighted by molar-refractivity contribution is 0.755. The molecule has 16 heavy (non-hydrogen) atoms. The van der Waals surface area contributed by atoms with Crippen LogP contribution in [0.25, 0.3) is 11.4 Å². The first kappa shape index (κ1) is 11.1. The summed E-state index contributed by atoms with van der Waals surface area (Å²) in [5.74, 6) is 0.912. The number of aryl methyl sites for hydroxylation is 1. The van der Waals surface area contributed by atoms with E-state index in [2.05, 4.69) is 48.3 Å². The van der Waals surface area contributed by atoms with E-state index in [0.29, 0.717) is 4.77 Å². The highest BCUT2D eigenvalue weighted by molar-refractivity contribution is 7.71. The van der Waals surface area contributed by atoms with Gasteiger partial charge in [-0.1, -0.05) is 31.2 Å². The Bertz CT molecular complexity index is 522. The summed E-state index contributed by atoms with van der Waals surface area (Å²) in [6.07, 6.45) is 1.06. The van der Waals surface area contributed by atoms with Crippen molar-refractivity contribution in [3.8, 4) is 11.4 Å². The smallest absolute Gasteiger partial charge is 0.195 e. The summed E-state index contributed by atoms with van der Waals surface area (Å²) in [5.41, 5.74) is 2.44. The SMILES string of the molecule is CCc1ccc(-c2n[nH]c(=S)n2CC)cc1. The minimum absolute atomic E-state index is 0.678. The molecular weight excluding hydrogens is 218 g/mol. The van der Waals surface area contributed by atoms with Gasteiger partial charge >= 0.3 is 0 Å². The van der Waals surface area contributed by atoms with Crippen molar-refractivity contribution in [3.63, 3.8) is 0 Å². The van der Waals surface area contributed by atoms with Gasteiger partial charge in [-0.3, -0.25) is 5.10 Å². The van der Waals surface area contributed by atoms with Gasteiger partial charge in [0, 0.05) is 12.1 Å². The minimum Gasteiger partial charge on any atom is -0.300 e. The Morgan fingerprint density at radius 2 is 1.94 bits per heavy atom. The summed E-state index contributed by atoms with van der Waals surface area (Å²) in [7, 11) is 0. The van der Waals surface area contributed by atoms with Crippen LogP contribution >= 0.6 is 12.2 Å². The van der Waals surface area contributed by atoms with Crippen LogP contribution in [0, 0.1) is 4.77 Å². The van der Waals surface area contributed by atoms with Gasteiger partial charge in [0.25, 0.3) is 0 Å². The second kappa shape index (κ2) is 4.61. The molecule has 0 aliphatic heterocycles. The first-order valence-corrected chi connectivity index (χ1v) is 5.91. The molecule has 0 saturated heterocycles. The largest absolute Gasteiger partial charge is 0.300 e. The predicted octanol–water partition coefficient (Wildman–Crippen LogP) is 3.19. The predicted molar refractivity (Wildman–Crippen MR) is 67.9 cm³/mol. The van der Waals surface area contributed by atoms with Crippen molar-refractivity contribution >= 4 is 12.2 Å². The van der Waals surface area contributed by atoms with E-state index >= 15 is 0 Å². The number of nitrogens with one attached hydrogen (secondary N) is 1. The van der Waals surface area contributed by atoms with Crippen LogP contribution in [0.4, 0.5) is 0 Å². The average molecular weight is 233 g/mol. The molecule has 1 aromatic carbocycles. The number of hydrogen-bond donors (Lipinski definition) is 1. The molecule has 0 fully saturated rings. The number of H-pyrrole nitrogens is 1. The Balaban J connectivity index is 2.46. The monoisotopic (exact) mass is 233 g/mol. The average Bonchev–Trinajstić information content (AvgIpc) is 2.70.